The molecule has 1 rings (SSSR count). The summed E-state index contributed by atoms with van der Waals surface area (Å²) in [5.74, 6) is 3.12. The molecule has 1 heterocycles. The normalized spacial score (nSPS) is 28.0. The Labute approximate surface area is 56.9 Å². The first kappa shape index (κ1) is 7.24. The first-order valence-corrected chi connectivity index (χ1v) is 4.44. The zero-order chi connectivity index (χ0) is 6.69. The summed E-state index contributed by atoms with van der Waals surface area (Å²) < 4.78 is 0. The van der Waals surface area contributed by atoms with E-state index in [2.05, 4.69) is 5.75 Å². The van der Waals surface area contributed by atoms with Crippen LogP contribution < -0.4 is 0 Å². The van der Waals surface area contributed by atoms with Gasteiger partial charge in [0, 0.05) is 0 Å². The van der Waals surface area contributed by atoms with Crippen molar-refractivity contribution >= 4 is 8.04 Å². The van der Waals surface area contributed by atoms with Gasteiger partial charge < -0.3 is 0 Å². The van der Waals surface area contributed by atoms with E-state index in [1.165, 1.54) is 0 Å². The van der Waals surface area contributed by atoms with Crippen molar-refractivity contribution in [2.75, 3.05) is 19.8 Å². The zero-order valence-electron chi connectivity index (χ0n) is 5.54. The summed E-state index contributed by atoms with van der Waals surface area (Å²) in [7, 11) is 1.16. The molecule has 0 amide bonds. The van der Waals surface area contributed by atoms with E-state index in [1.807, 2.05) is 11.6 Å². The van der Waals surface area contributed by atoms with Gasteiger partial charge in [-0.3, -0.25) is 0 Å². The summed E-state index contributed by atoms with van der Waals surface area (Å²) >= 11 is 0. The second kappa shape index (κ2) is 3.34. The molecule has 0 radical (unpaired) electrons. The van der Waals surface area contributed by atoms with E-state index in [1.54, 1.807) is 0 Å². The summed E-state index contributed by atoms with van der Waals surface area (Å²) in [6.07, 6.45) is 0.793. The van der Waals surface area contributed by atoms with Crippen LogP contribution in [0.5, 0.6) is 0 Å². The molecule has 1 atom stereocenters. The molecule has 0 aliphatic carbocycles. The molecule has 0 bridgehead atoms. The topological polar surface area (TPSA) is 23.5 Å². The van der Waals surface area contributed by atoms with Gasteiger partial charge in [0.2, 0.25) is 0 Å². The van der Waals surface area contributed by atoms with Crippen molar-refractivity contribution in [1.82, 2.24) is 4.90 Å². The molecule has 9 heavy (non-hydrogen) atoms. The molecule has 2 nitrogen and oxygen atoms in total. The molecular weight excluding hydrogens is 133 g/mol. The van der Waals surface area contributed by atoms with E-state index >= 15 is 0 Å². The summed E-state index contributed by atoms with van der Waals surface area (Å²) in [6.45, 7) is 3.79. The fourth-order valence-electron chi connectivity index (χ4n) is 0.974. The van der Waals surface area contributed by atoms with E-state index in [0.717, 1.165) is 27.5 Å². The Bertz CT molecular complexity index is 149. The fourth-order valence-corrected chi connectivity index (χ4v) is 1.44. The third-order valence-electron chi connectivity index (χ3n) is 1.40. The quantitative estimate of drug-likeness (QED) is 0.502. The molecule has 1 aliphatic heterocycles. The van der Waals surface area contributed by atoms with Gasteiger partial charge in [-0.05, 0) is 0 Å². The maximum absolute atomic E-state index is 9.04. The molecule has 1 fully saturated rings. The summed E-state index contributed by atoms with van der Waals surface area (Å²) in [5.41, 5.74) is 0. The molecule has 0 aromatic heterocycles. The van der Waals surface area contributed by atoms with Crippen LogP contribution in [0.4, 0.5) is 0 Å². The minimum atomic E-state index is -0.112. The number of likely N-dealkylation sites (tertiary alicyclic amines) is 1. The van der Waals surface area contributed by atoms with Crippen LogP contribution in [0, 0.1) is 5.75 Å². The van der Waals surface area contributed by atoms with Gasteiger partial charge in [0.25, 0.3) is 0 Å². The zero-order valence-corrected chi connectivity index (χ0v) is 6.43. The van der Waals surface area contributed by atoms with Crippen molar-refractivity contribution in [3.8, 4) is 5.75 Å². The Morgan fingerprint density at radius 3 is 3.00 bits per heavy atom. The van der Waals surface area contributed by atoms with Crippen LogP contribution in [-0.2, 0) is 0 Å². The minimum absolute atomic E-state index is 0.112. The number of hydrogen-bond donors (Lipinski definition) is 1. The number of aliphatic hydroxyl groups excluding tert-OH is 1. The Hall–Kier alpha value is 0.130. The molecule has 0 aromatic carbocycles. The fraction of sp³-hybridized carbons (Fsp3) is 0.833. The summed E-state index contributed by atoms with van der Waals surface area (Å²) in [6, 6.07) is 0. The molecule has 1 saturated heterocycles. The third-order valence-corrected chi connectivity index (χ3v) is 1.89. The van der Waals surface area contributed by atoms with Crippen LogP contribution in [0.1, 0.15) is 6.42 Å². The first-order chi connectivity index (χ1) is 4.33. The van der Waals surface area contributed by atoms with E-state index in [-0.39, 0.29) is 6.10 Å². The summed E-state index contributed by atoms with van der Waals surface area (Å²) in [5, 5.41) is 9.04. The number of β-amino-alcohol motifs (C(OH)–C–C–N with tert-alkyl or cyclic N) is 1. The first-order valence-electron chi connectivity index (χ1n) is 3.10. The number of hydrogen-bond acceptors (Lipinski definition) is 2. The van der Waals surface area contributed by atoms with Crippen molar-refractivity contribution in [3.05, 3.63) is 0 Å². The summed E-state index contributed by atoms with van der Waals surface area (Å²) in [4.78, 5) is 2.05. The molecule has 3 heteroatoms. The van der Waals surface area contributed by atoms with E-state index in [4.69, 9.17) is 5.11 Å². The average molecular weight is 144 g/mol. The molecule has 0 spiro atoms. The standard InChI is InChI=1S/C6H11NOP/c1-9-5-7-3-2-6(8)4-7/h6,8H,2-4H2,1H3/q+1. The SMILES string of the molecule is C[P+]#CN1CCC(O)C1. The molecule has 0 aromatic rings. The molecule has 1 unspecified atom stereocenters. The molecule has 50 valence electrons. The second-order valence-electron chi connectivity index (χ2n) is 2.21. The van der Waals surface area contributed by atoms with E-state index < -0.39 is 0 Å². The van der Waals surface area contributed by atoms with Gasteiger partial charge in [-0.1, -0.05) is 0 Å². The predicted octanol–water partition coefficient (Wildman–Crippen LogP) is 0.546. The number of aliphatic hydroxyl groups is 1. The van der Waals surface area contributed by atoms with E-state index in [9.17, 15) is 0 Å². The molecular formula is C6H11NOP+. The van der Waals surface area contributed by atoms with Crippen molar-refractivity contribution in [1.29, 1.82) is 0 Å². The van der Waals surface area contributed by atoms with Crippen LogP contribution in [0.25, 0.3) is 0 Å². The van der Waals surface area contributed by atoms with Gasteiger partial charge in [0.05, 0.1) is 0 Å². The Kier molecular flexibility index (Phi) is 2.68. The average Bonchev–Trinajstić information content (AvgIpc) is 2.17. The second-order valence-corrected chi connectivity index (χ2v) is 2.86. The number of nitrogens with zero attached hydrogens (tertiary/aromatic N) is 1. The van der Waals surface area contributed by atoms with Crippen LogP contribution in [0.3, 0.4) is 0 Å². The maximum atomic E-state index is 9.04. The van der Waals surface area contributed by atoms with Gasteiger partial charge >= 0.3 is 56.1 Å². The molecule has 1 N–H and O–H groups in total. The van der Waals surface area contributed by atoms with Crippen molar-refractivity contribution < 1.29 is 5.11 Å². The monoisotopic (exact) mass is 144 g/mol. The van der Waals surface area contributed by atoms with Crippen molar-refractivity contribution in [2.24, 2.45) is 0 Å². The Balaban J connectivity index is 2.36. The number of rotatable bonds is 0. The van der Waals surface area contributed by atoms with Crippen LogP contribution in [0.2, 0.25) is 0 Å². The third kappa shape index (κ3) is 2.08. The van der Waals surface area contributed by atoms with Crippen molar-refractivity contribution in [2.45, 2.75) is 12.5 Å². The van der Waals surface area contributed by atoms with Crippen LogP contribution in [-0.4, -0.2) is 35.9 Å². The molecule has 1 aliphatic rings. The molecule has 0 saturated carbocycles. The van der Waals surface area contributed by atoms with Crippen LogP contribution >= 0.6 is 8.04 Å². The van der Waals surface area contributed by atoms with Gasteiger partial charge in [0.1, 0.15) is 0 Å². The Morgan fingerprint density at radius 2 is 2.56 bits per heavy atom. The van der Waals surface area contributed by atoms with Crippen LogP contribution in [0.15, 0.2) is 0 Å². The van der Waals surface area contributed by atoms with Gasteiger partial charge in [-0.2, -0.15) is 0 Å². The van der Waals surface area contributed by atoms with Crippen molar-refractivity contribution in [3.63, 3.8) is 0 Å². The van der Waals surface area contributed by atoms with Gasteiger partial charge in [0.15, 0.2) is 0 Å². The van der Waals surface area contributed by atoms with Gasteiger partial charge in [-0.15, -0.1) is 0 Å². The van der Waals surface area contributed by atoms with E-state index in [0.29, 0.717) is 0 Å². The predicted molar refractivity (Wildman–Crippen MR) is 38.9 cm³/mol. The van der Waals surface area contributed by atoms with Gasteiger partial charge in [-0.25, -0.2) is 0 Å². The Morgan fingerprint density at radius 1 is 1.78 bits per heavy atom.